The van der Waals surface area contributed by atoms with Crippen LogP contribution in [0, 0.1) is 0 Å². The summed E-state index contributed by atoms with van der Waals surface area (Å²) in [5.41, 5.74) is -1.63. The van der Waals surface area contributed by atoms with Crippen LogP contribution >= 0.6 is 0 Å². The average molecular weight is 1110 g/mol. The van der Waals surface area contributed by atoms with Crippen LogP contribution in [0.4, 0.5) is 132 Å². The Morgan fingerprint density at radius 2 is 0.515 bits per heavy atom. The summed E-state index contributed by atoms with van der Waals surface area (Å²) in [6.45, 7) is 0. The topological polar surface area (TPSA) is 104 Å². The van der Waals surface area contributed by atoms with Gasteiger partial charge in [-0.3, -0.25) is 4.79 Å². The van der Waals surface area contributed by atoms with Gasteiger partial charge >= 0.3 is 104 Å². The normalized spacial score (nSPS) is 15.6. The van der Waals surface area contributed by atoms with Gasteiger partial charge in [-0.2, -0.15) is 149 Å². The first kappa shape index (κ1) is 59.6. The molecule has 0 heterocycles. The predicted octanol–water partition coefficient (Wildman–Crippen LogP) is 11.1. The highest BCUT2D eigenvalue weighted by molar-refractivity contribution is 7.87. The smallest absolute Gasteiger partial charge is 0.382 e. The second-order valence-corrected chi connectivity index (χ2v) is 16.2. The Morgan fingerprint density at radius 3 is 0.721 bits per heavy atom. The van der Waals surface area contributed by atoms with Gasteiger partial charge in [0.2, 0.25) is 0 Å². The molecule has 0 radical (unpaired) electrons. The molecule has 0 unspecified atom stereocenters. The minimum absolute atomic E-state index is 0.145. The number of carbonyl (C=O) groups is 1. The Balaban J connectivity index is 2.30. The van der Waals surface area contributed by atoms with Crippen LogP contribution < -0.4 is 8.37 Å². The molecule has 0 saturated carbocycles. The van der Waals surface area contributed by atoms with E-state index in [0.29, 0.717) is 24.3 Å². The average Bonchev–Trinajstić information content (AvgIpc) is 3.12. The fourth-order valence-corrected chi connectivity index (χ4v) is 6.64. The molecule has 2 aromatic rings. The second kappa shape index (κ2) is 16.8. The van der Waals surface area contributed by atoms with Crippen molar-refractivity contribution >= 4 is 26.0 Å². The van der Waals surface area contributed by atoms with Crippen LogP contribution in [0.2, 0.25) is 0 Å². The van der Waals surface area contributed by atoms with Crippen LogP contribution in [0.5, 0.6) is 11.5 Å². The molecule has 0 fully saturated rings. The summed E-state index contributed by atoms with van der Waals surface area (Å²) < 4.78 is 457. The van der Waals surface area contributed by atoms with Gasteiger partial charge in [0, 0.05) is 11.1 Å². The maximum absolute atomic E-state index is 14.2. The standard InChI is InChI=1S/C29H12F30O7S2/c30-16(31,18(34,35)20(38,39)22(42,43)24(46,47)26(50,51)28(54,55)56)9-67(61,62)65-13-5-1-11(2-6-13)15(60)12-3-7-14(8-4-12)66-68(63,64)10-17(32,33)19(36,37)21(40,41)23(44,45)25(48,49)27(52,53)29(57,58)59/h1-8H,9-10H2. The lowest BCUT2D eigenvalue weighted by Crippen LogP contribution is -2.73. The van der Waals surface area contributed by atoms with Crippen LogP contribution in [-0.2, 0) is 20.2 Å². The van der Waals surface area contributed by atoms with E-state index in [4.69, 9.17) is 0 Å². The fourth-order valence-electron chi connectivity index (χ4n) is 4.47. The fraction of sp³-hybridized carbons (Fsp3) is 0.552. The summed E-state index contributed by atoms with van der Waals surface area (Å²) in [4.78, 5) is 12.7. The van der Waals surface area contributed by atoms with Gasteiger partial charge in [0.15, 0.2) is 17.3 Å². The molecule has 2 aromatic carbocycles. The molecule has 0 saturated heterocycles. The van der Waals surface area contributed by atoms with E-state index in [-0.39, 0.29) is 24.3 Å². The van der Waals surface area contributed by atoms with Crippen molar-refractivity contribution in [3.8, 4) is 11.5 Å². The lowest BCUT2D eigenvalue weighted by Gasteiger charge is -2.41. The molecule has 0 bridgehead atoms. The van der Waals surface area contributed by atoms with E-state index in [1.807, 2.05) is 0 Å². The highest BCUT2D eigenvalue weighted by atomic mass is 32.2. The van der Waals surface area contributed by atoms with Gasteiger partial charge in [-0.15, -0.1) is 0 Å². The highest BCUT2D eigenvalue weighted by Crippen LogP contribution is 2.64. The third-order valence-corrected chi connectivity index (χ3v) is 10.5. The van der Waals surface area contributed by atoms with Crippen molar-refractivity contribution in [1.29, 1.82) is 0 Å². The van der Waals surface area contributed by atoms with Gasteiger partial charge in [0.1, 0.15) is 11.5 Å². The third-order valence-electron chi connectivity index (χ3n) is 8.18. The van der Waals surface area contributed by atoms with Gasteiger partial charge < -0.3 is 8.37 Å². The minimum atomic E-state index is -8.76. The molecule has 2 rings (SSSR count). The van der Waals surface area contributed by atoms with E-state index < -0.39 is 144 Å². The Bertz CT molecular complexity index is 2220. The van der Waals surface area contributed by atoms with Crippen LogP contribution in [-0.4, -0.2) is 118 Å². The molecule has 0 atom stereocenters. The van der Waals surface area contributed by atoms with E-state index in [1.165, 1.54) is 0 Å². The second-order valence-electron chi connectivity index (χ2n) is 13.1. The van der Waals surface area contributed by atoms with Crippen molar-refractivity contribution in [2.24, 2.45) is 0 Å². The Kier molecular flexibility index (Phi) is 14.8. The zero-order valence-electron chi connectivity index (χ0n) is 30.5. The quantitative estimate of drug-likeness (QED) is 0.0739. The summed E-state index contributed by atoms with van der Waals surface area (Å²) in [6, 6.07) is 1.89. The summed E-state index contributed by atoms with van der Waals surface area (Å²) in [5.74, 6) is -112. The highest BCUT2D eigenvalue weighted by Gasteiger charge is 2.95. The van der Waals surface area contributed by atoms with E-state index in [1.54, 1.807) is 0 Å². The number of rotatable bonds is 20. The maximum Gasteiger partial charge on any atom is 0.460 e. The molecular weight excluding hydrogens is 1090 g/mol. The molecule has 0 N–H and O–H groups in total. The summed E-state index contributed by atoms with van der Waals surface area (Å²) in [6.07, 6.45) is -15.9. The van der Waals surface area contributed by atoms with Gasteiger partial charge in [-0.25, -0.2) is 0 Å². The Labute approximate surface area is 354 Å². The van der Waals surface area contributed by atoms with Gasteiger partial charge in [-0.1, -0.05) is 0 Å². The molecule has 0 aliphatic rings. The number of hydrogen-bond acceptors (Lipinski definition) is 7. The Hall–Kier alpha value is -4.49. The van der Waals surface area contributed by atoms with Crippen molar-refractivity contribution in [2.45, 2.75) is 83.4 Å². The molecule has 392 valence electrons. The van der Waals surface area contributed by atoms with Crippen LogP contribution in [0.1, 0.15) is 15.9 Å². The molecule has 0 aliphatic carbocycles. The first-order valence-corrected chi connectivity index (χ1v) is 18.9. The SMILES string of the molecule is O=C(c1ccc(OS(=O)(=O)CC(F)(F)C(F)(F)C(F)(F)C(F)(F)C(F)(F)C(F)(F)C(F)(F)F)cc1)c1ccc(OS(=O)(=O)CC(F)(F)C(F)(F)C(F)(F)C(F)(F)C(F)(F)C(F)(F)C(F)(F)F)cc1. The van der Waals surface area contributed by atoms with E-state index in [0.717, 1.165) is 0 Å². The molecule has 39 heteroatoms. The number of ketones is 1. The molecule has 0 aromatic heterocycles. The number of alkyl halides is 30. The third kappa shape index (κ3) is 9.56. The van der Waals surface area contributed by atoms with E-state index in [9.17, 15) is 153 Å². The lowest BCUT2D eigenvalue weighted by molar-refractivity contribution is -0.451. The van der Waals surface area contributed by atoms with Crippen LogP contribution in [0.25, 0.3) is 0 Å². The molecule has 0 spiro atoms. The van der Waals surface area contributed by atoms with Gasteiger partial charge in [0.25, 0.3) is 0 Å². The van der Waals surface area contributed by atoms with Crippen LogP contribution in [0.15, 0.2) is 48.5 Å². The van der Waals surface area contributed by atoms with Crippen molar-refractivity contribution < 1.29 is 162 Å². The lowest BCUT2D eigenvalue weighted by atomic mass is 9.91. The predicted molar refractivity (Wildman–Crippen MR) is 157 cm³/mol. The monoisotopic (exact) mass is 1110 g/mol. The van der Waals surface area contributed by atoms with Gasteiger partial charge in [0.05, 0.1) is 0 Å². The number of carbonyl (C=O) groups excluding carboxylic acids is 1. The summed E-state index contributed by atoms with van der Waals surface area (Å²) >= 11 is 0. The van der Waals surface area contributed by atoms with E-state index >= 15 is 0 Å². The molecular formula is C29H12F30O7S2. The largest absolute Gasteiger partial charge is 0.460 e. The molecule has 68 heavy (non-hydrogen) atoms. The number of halogens is 30. The van der Waals surface area contributed by atoms with Crippen molar-refractivity contribution in [3.63, 3.8) is 0 Å². The van der Waals surface area contributed by atoms with Crippen molar-refractivity contribution in [3.05, 3.63) is 59.7 Å². The minimum Gasteiger partial charge on any atom is -0.382 e. The molecule has 0 amide bonds. The zero-order valence-corrected chi connectivity index (χ0v) is 32.2. The van der Waals surface area contributed by atoms with Crippen LogP contribution in [0.3, 0.4) is 0 Å². The molecule has 0 aliphatic heterocycles. The maximum atomic E-state index is 14.2. The molecule has 7 nitrogen and oxygen atoms in total. The van der Waals surface area contributed by atoms with Crippen molar-refractivity contribution in [2.75, 3.05) is 11.5 Å². The first-order valence-electron chi connectivity index (χ1n) is 15.7. The zero-order chi connectivity index (χ0) is 54.4. The van der Waals surface area contributed by atoms with E-state index in [2.05, 4.69) is 8.37 Å². The van der Waals surface area contributed by atoms with Crippen molar-refractivity contribution in [1.82, 2.24) is 0 Å². The summed E-state index contributed by atoms with van der Waals surface area (Å²) in [5, 5.41) is 0. The first-order chi connectivity index (χ1) is 29.4. The van der Waals surface area contributed by atoms with Gasteiger partial charge in [-0.05, 0) is 48.5 Å². The Morgan fingerprint density at radius 1 is 0.324 bits per heavy atom. The number of hydrogen-bond donors (Lipinski definition) is 0. The number of benzene rings is 2. The summed E-state index contributed by atoms with van der Waals surface area (Å²) in [7, 11) is -13.3.